The third-order valence-corrected chi connectivity index (χ3v) is 3.69. The lowest BCUT2D eigenvalue weighted by atomic mass is 10.0. The molecule has 0 aromatic heterocycles. The lowest BCUT2D eigenvalue weighted by molar-refractivity contribution is -0.119. The molecule has 1 fully saturated rings. The summed E-state index contributed by atoms with van der Waals surface area (Å²) in [6.45, 7) is 1.42. The molecule has 1 aliphatic rings. The van der Waals surface area contributed by atoms with Crippen molar-refractivity contribution < 1.29 is 19.1 Å². The Bertz CT molecular complexity index is 790. The summed E-state index contributed by atoms with van der Waals surface area (Å²) in [5, 5.41) is 7.91. The van der Waals surface area contributed by atoms with Gasteiger partial charge in [-0.15, -0.1) is 0 Å². The number of carbonyl (C=O) groups is 3. The Labute approximate surface area is 144 Å². The zero-order valence-electron chi connectivity index (χ0n) is 13.5. The third-order valence-electron chi connectivity index (χ3n) is 3.69. The van der Waals surface area contributed by atoms with Gasteiger partial charge in [0, 0.05) is 18.3 Å². The van der Waals surface area contributed by atoms with Gasteiger partial charge in [-0.3, -0.25) is 9.59 Å². The highest BCUT2D eigenvalue weighted by Crippen LogP contribution is 2.27. The van der Waals surface area contributed by atoms with Gasteiger partial charge in [-0.2, -0.15) is 0 Å². The Hall–Kier alpha value is -3.35. The molecule has 2 unspecified atom stereocenters. The van der Waals surface area contributed by atoms with Gasteiger partial charge >= 0.3 is 6.09 Å². The van der Waals surface area contributed by atoms with Crippen molar-refractivity contribution in [3.63, 3.8) is 0 Å². The Morgan fingerprint density at radius 1 is 0.960 bits per heavy atom. The van der Waals surface area contributed by atoms with Crippen molar-refractivity contribution in [2.45, 2.75) is 19.1 Å². The molecule has 3 rings (SSSR count). The third kappa shape index (κ3) is 3.95. The minimum Gasteiger partial charge on any atom is -0.439 e. The number of ether oxygens (including phenoxy) is 1. The van der Waals surface area contributed by atoms with Crippen molar-refractivity contribution in [3.8, 4) is 0 Å². The van der Waals surface area contributed by atoms with E-state index in [1.807, 2.05) is 18.2 Å². The monoisotopic (exact) mass is 339 g/mol. The largest absolute Gasteiger partial charge is 0.439 e. The first-order chi connectivity index (χ1) is 12.0. The molecule has 0 aliphatic carbocycles. The molecule has 3 N–H and O–H groups in total. The van der Waals surface area contributed by atoms with E-state index in [1.54, 1.807) is 36.4 Å². The topological polar surface area (TPSA) is 96.5 Å². The fraction of sp³-hybridized carbons (Fsp3) is 0.167. The number of carbonyl (C=O) groups excluding carboxylic acids is 3. The first-order valence-corrected chi connectivity index (χ1v) is 7.73. The van der Waals surface area contributed by atoms with Crippen LogP contribution in [0.1, 0.15) is 18.6 Å². The summed E-state index contributed by atoms with van der Waals surface area (Å²) in [6, 6.07) is 14.9. The molecular formula is C18H17N3O4. The highest BCUT2D eigenvalue weighted by Gasteiger charge is 2.40. The van der Waals surface area contributed by atoms with E-state index >= 15 is 0 Å². The molecule has 1 heterocycles. The van der Waals surface area contributed by atoms with Crippen LogP contribution in [0.4, 0.5) is 16.2 Å². The van der Waals surface area contributed by atoms with Gasteiger partial charge in [0.1, 0.15) is 0 Å². The van der Waals surface area contributed by atoms with Crippen LogP contribution < -0.4 is 16.0 Å². The zero-order valence-corrected chi connectivity index (χ0v) is 13.5. The molecule has 1 saturated heterocycles. The molecule has 0 spiro atoms. The summed E-state index contributed by atoms with van der Waals surface area (Å²) in [7, 11) is 0. The van der Waals surface area contributed by atoms with E-state index in [9.17, 15) is 14.4 Å². The van der Waals surface area contributed by atoms with Crippen molar-refractivity contribution in [3.05, 3.63) is 60.2 Å². The van der Waals surface area contributed by atoms with Crippen molar-refractivity contribution in [1.82, 2.24) is 5.32 Å². The molecule has 0 saturated carbocycles. The summed E-state index contributed by atoms with van der Waals surface area (Å²) < 4.78 is 5.22. The van der Waals surface area contributed by atoms with Gasteiger partial charge in [-0.05, 0) is 29.8 Å². The predicted molar refractivity (Wildman–Crippen MR) is 92.0 cm³/mol. The summed E-state index contributed by atoms with van der Waals surface area (Å²) in [5.41, 5.74) is 1.92. The van der Waals surface area contributed by atoms with Crippen molar-refractivity contribution >= 4 is 29.3 Å². The van der Waals surface area contributed by atoms with Crippen LogP contribution in [-0.4, -0.2) is 23.9 Å². The van der Waals surface area contributed by atoms with Gasteiger partial charge in [0.05, 0.1) is 0 Å². The van der Waals surface area contributed by atoms with Crippen LogP contribution in [0.2, 0.25) is 0 Å². The molecule has 1 aliphatic heterocycles. The number of hydrogen-bond acceptors (Lipinski definition) is 4. The number of amides is 3. The van der Waals surface area contributed by atoms with Gasteiger partial charge in [0.15, 0.2) is 12.1 Å². The van der Waals surface area contributed by atoms with Crippen LogP contribution >= 0.6 is 0 Å². The maximum atomic E-state index is 12.5. The van der Waals surface area contributed by atoms with Crippen LogP contribution in [0.25, 0.3) is 0 Å². The predicted octanol–water partition coefficient (Wildman–Crippen LogP) is 2.43. The van der Waals surface area contributed by atoms with Crippen LogP contribution in [0.3, 0.4) is 0 Å². The van der Waals surface area contributed by atoms with Crippen molar-refractivity contribution in [1.29, 1.82) is 0 Å². The Kier molecular flexibility index (Phi) is 4.65. The number of rotatable bonds is 4. The Morgan fingerprint density at radius 3 is 2.16 bits per heavy atom. The van der Waals surface area contributed by atoms with Crippen LogP contribution in [0, 0.1) is 0 Å². The molecule has 0 radical (unpaired) electrons. The minimum atomic E-state index is -0.829. The summed E-state index contributed by atoms with van der Waals surface area (Å²) in [6.07, 6.45) is -1.32. The maximum Gasteiger partial charge on any atom is 0.408 e. The average molecular weight is 339 g/mol. The molecule has 0 bridgehead atoms. The lowest BCUT2D eigenvalue weighted by Crippen LogP contribution is -2.40. The fourth-order valence-corrected chi connectivity index (χ4v) is 2.59. The van der Waals surface area contributed by atoms with Gasteiger partial charge in [0.25, 0.3) is 5.91 Å². The van der Waals surface area contributed by atoms with E-state index in [1.165, 1.54) is 6.92 Å². The Morgan fingerprint density at radius 2 is 1.56 bits per heavy atom. The lowest BCUT2D eigenvalue weighted by Gasteiger charge is -2.17. The van der Waals surface area contributed by atoms with E-state index in [4.69, 9.17) is 4.74 Å². The summed E-state index contributed by atoms with van der Waals surface area (Å²) >= 11 is 0. The van der Waals surface area contributed by atoms with Crippen LogP contribution in [-0.2, 0) is 14.3 Å². The molecule has 3 amide bonds. The maximum absolute atomic E-state index is 12.5. The van der Waals surface area contributed by atoms with Gasteiger partial charge < -0.3 is 20.7 Å². The number of hydrogen-bond donors (Lipinski definition) is 3. The van der Waals surface area contributed by atoms with Gasteiger partial charge in [0.2, 0.25) is 5.91 Å². The SMILES string of the molecule is CC(=O)Nc1ccc(NC(=O)C2NC(=O)OC2c2ccccc2)cc1. The second kappa shape index (κ2) is 7.04. The van der Waals surface area contributed by atoms with Gasteiger partial charge in [-0.25, -0.2) is 4.79 Å². The quantitative estimate of drug-likeness (QED) is 0.797. The number of benzene rings is 2. The van der Waals surface area contributed by atoms with Crippen LogP contribution in [0.5, 0.6) is 0 Å². The molecular weight excluding hydrogens is 322 g/mol. The smallest absolute Gasteiger partial charge is 0.408 e. The Balaban J connectivity index is 1.71. The van der Waals surface area contributed by atoms with E-state index in [0.717, 1.165) is 5.56 Å². The van der Waals surface area contributed by atoms with Crippen molar-refractivity contribution in [2.24, 2.45) is 0 Å². The molecule has 25 heavy (non-hydrogen) atoms. The molecule has 2 aromatic carbocycles. The average Bonchev–Trinajstić information content (AvgIpc) is 2.99. The molecule has 7 heteroatoms. The zero-order chi connectivity index (χ0) is 17.8. The summed E-state index contributed by atoms with van der Waals surface area (Å²) in [5.74, 6) is -0.555. The second-order valence-corrected chi connectivity index (χ2v) is 5.61. The first-order valence-electron chi connectivity index (χ1n) is 7.73. The second-order valence-electron chi connectivity index (χ2n) is 5.61. The van der Waals surface area contributed by atoms with E-state index < -0.39 is 18.2 Å². The minimum absolute atomic E-state index is 0.173. The molecule has 128 valence electrons. The highest BCUT2D eigenvalue weighted by atomic mass is 16.6. The first kappa shape index (κ1) is 16.5. The highest BCUT2D eigenvalue weighted by molar-refractivity contribution is 5.98. The number of nitrogens with one attached hydrogen (secondary N) is 3. The van der Waals surface area contributed by atoms with Gasteiger partial charge in [-0.1, -0.05) is 30.3 Å². The summed E-state index contributed by atoms with van der Waals surface area (Å²) in [4.78, 5) is 35.1. The molecule has 7 nitrogen and oxygen atoms in total. The van der Waals surface area contributed by atoms with Crippen LogP contribution in [0.15, 0.2) is 54.6 Å². The normalized spacial score (nSPS) is 18.8. The molecule has 2 aromatic rings. The number of cyclic esters (lactones) is 1. The standard InChI is InChI=1S/C18H17N3O4/c1-11(22)19-13-7-9-14(10-8-13)20-17(23)15-16(25-18(24)21-15)12-5-3-2-4-6-12/h2-10,15-16H,1H3,(H,19,22)(H,20,23)(H,21,24). The number of anilines is 2. The molecule has 2 atom stereocenters. The fourth-order valence-electron chi connectivity index (χ4n) is 2.59. The van der Waals surface area contributed by atoms with E-state index in [-0.39, 0.29) is 11.8 Å². The van der Waals surface area contributed by atoms with Crippen molar-refractivity contribution in [2.75, 3.05) is 10.6 Å². The van der Waals surface area contributed by atoms with E-state index in [0.29, 0.717) is 11.4 Å². The number of alkyl carbamates (subject to hydrolysis) is 1. The van der Waals surface area contributed by atoms with E-state index in [2.05, 4.69) is 16.0 Å².